The zero-order chi connectivity index (χ0) is 40.5. The molecule has 0 N–H and O–H groups in total. The van der Waals surface area contributed by atoms with E-state index in [0.29, 0.717) is 5.95 Å². The molecule has 8 aromatic carbocycles. The van der Waals surface area contributed by atoms with E-state index in [4.69, 9.17) is 18.8 Å². The Bertz CT molecular complexity index is 4050. The molecule has 6 nitrogen and oxygen atoms in total. The molecule has 0 saturated heterocycles. The third kappa shape index (κ3) is 4.69. The number of allylic oxidation sites excluding steroid dienone is 1. The first-order valence-corrected chi connectivity index (χ1v) is 21.2. The van der Waals surface area contributed by atoms with Crippen LogP contribution >= 0.6 is 0 Å². The summed E-state index contributed by atoms with van der Waals surface area (Å²) in [6, 6.07) is 60.3. The van der Waals surface area contributed by atoms with Crippen molar-refractivity contribution in [1.82, 2.24) is 19.1 Å². The maximum absolute atomic E-state index is 6.94. The molecule has 62 heavy (non-hydrogen) atoms. The minimum Gasteiger partial charge on any atom is -0.456 e. The number of para-hydroxylation sites is 5. The van der Waals surface area contributed by atoms with Crippen molar-refractivity contribution in [2.24, 2.45) is 0 Å². The fourth-order valence-corrected chi connectivity index (χ4v) is 10.3. The molecule has 13 aromatic rings. The molecule has 0 fully saturated rings. The van der Waals surface area contributed by atoms with E-state index in [-0.39, 0.29) is 0 Å². The Labute approximate surface area is 354 Å². The van der Waals surface area contributed by atoms with Gasteiger partial charge < -0.3 is 13.4 Å². The quantitative estimate of drug-likeness (QED) is 0.178. The molecule has 0 spiro atoms. The van der Waals surface area contributed by atoms with Gasteiger partial charge in [-0.05, 0) is 96.8 Å². The van der Waals surface area contributed by atoms with Crippen LogP contribution in [-0.4, -0.2) is 19.1 Å². The summed E-state index contributed by atoms with van der Waals surface area (Å²) in [5, 5.41) is 8.93. The molecule has 0 atom stereocenters. The van der Waals surface area contributed by atoms with Crippen molar-refractivity contribution in [3.05, 3.63) is 187 Å². The van der Waals surface area contributed by atoms with Crippen molar-refractivity contribution in [2.45, 2.75) is 12.8 Å². The molecular weight excluding hydrogens is 761 g/mol. The molecule has 14 rings (SSSR count). The number of nitrogens with zero attached hydrogens (tertiary/aromatic N) is 4. The van der Waals surface area contributed by atoms with Gasteiger partial charge in [0.15, 0.2) is 5.58 Å². The van der Waals surface area contributed by atoms with E-state index in [0.717, 1.165) is 123 Å². The molecule has 0 radical (unpaired) electrons. The third-order valence-corrected chi connectivity index (χ3v) is 13.0. The van der Waals surface area contributed by atoms with E-state index < -0.39 is 0 Å². The molecule has 290 valence electrons. The van der Waals surface area contributed by atoms with Crippen LogP contribution in [0.4, 0.5) is 0 Å². The Balaban J connectivity index is 1.09. The molecule has 1 aliphatic rings. The normalized spacial score (nSPS) is 13.0. The third-order valence-electron chi connectivity index (χ3n) is 13.0. The van der Waals surface area contributed by atoms with Crippen LogP contribution in [0.25, 0.3) is 128 Å². The number of hydrogen-bond acceptors (Lipinski definition) is 4. The first kappa shape index (κ1) is 33.6. The Morgan fingerprint density at radius 3 is 1.97 bits per heavy atom. The van der Waals surface area contributed by atoms with Gasteiger partial charge in [0.25, 0.3) is 0 Å². The minimum atomic E-state index is 0.604. The van der Waals surface area contributed by atoms with Crippen molar-refractivity contribution >= 4 is 93.6 Å². The molecule has 0 amide bonds. The van der Waals surface area contributed by atoms with E-state index in [1.54, 1.807) is 0 Å². The van der Waals surface area contributed by atoms with E-state index in [1.807, 2.05) is 18.2 Å². The maximum Gasteiger partial charge on any atom is 0.235 e. The number of aromatic nitrogens is 4. The Hall–Kier alpha value is -8.22. The van der Waals surface area contributed by atoms with Crippen LogP contribution in [0.2, 0.25) is 0 Å². The van der Waals surface area contributed by atoms with Crippen LogP contribution in [0.1, 0.15) is 17.7 Å². The molecule has 0 saturated carbocycles. The highest BCUT2D eigenvalue weighted by atomic mass is 16.3. The minimum absolute atomic E-state index is 0.604. The van der Waals surface area contributed by atoms with Crippen LogP contribution in [-0.2, 0) is 6.42 Å². The van der Waals surface area contributed by atoms with Crippen molar-refractivity contribution in [2.75, 3.05) is 0 Å². The van der Waals surface area contributed by atoms with Crippen molar-refractivity contribution in [3.63, 3.8) is 0 Å². The van der Waals surface area contributed by atoms with Crippen LogP contribution in [0.5, 0.6) is 0 Å². The van der Waals surface area contributed by atoms with E-state index in [9.17, 15) is 0 Å². The van der Waals surface area contributed by atoms with Gasteiger partial charge in [0, 0.05) is 59.9 Å². The summed E-state index contributed by atoms with van der Waals surface area (Å²) in [4.78, 5) is 11.0. The van der Waals surface area contributed by atoms with E-state index in [1.165, 1.54) is 16.3 Å². The lowest BCUT2D eigenvalue weighted by Gasteiger charge is -2.17. The number of fused-ring (bicyclic) bond motifs is 14. The summed E-state index contributed by atoms with van der Waals surface area (Å²) in [6.45, 7) is 0. The van der Waals surface area contributed by atoms with Crippen LogP contribution in [0.3, 0.4) is 0 Å². The molecule has 0 aliphatic heterocycles. The van der Waals surface area contributed by atoms with Gasteiger partial charge in [0.05, 0.1) is 27.9 Å². The highest BCUT2D eigenvalue weighted by Crippen LogP contribution is 2.47. The Morgan fingerprint density at radius 2 is 1.13 bits per heavy atom. The van der Waals surface area contributed by atoms with Crippen molar-refractivity contribution in [3.8, 4) is 34.0 Å². The lowest BCUT2D eigenvalue weighted by Crippen LogP contribution is -2.09. The second-order valence-electron chi connectivity index (χ2n) is 16.4. The van der Waals surface area contributed by atoms with Gasteiger partial charge in [-0.1, -0.05) is 109 Å². The molecule has 5 heterocycles. The zero-order valence-electron chi connectivity index (χ0n) is 33.3. The van der Waals surface area contributed by atoms with Gasteiger partial charge >= 0.3 is 0 Å². The summed E-state index contributed by atoms with van der Waals surface area (Å²) in [6.07, 6.45) is 6.18. The fraction of sp³-hybridized carbons (Fsp3) is 0.0357. The molecule has 0 bridgehead atoms. The maximum atomic E-state index is 6.94. The second-order valence-corrected chi connectivity index (χ2v) is 16.4. The van der Waals surface area contributed by atoms with E-state index in [2.05, 4.69) is 173 Å². The smallest absolute Gasteiger partial charge is 0.235 e. The van der Waals surface area contributed by atoms with Gasteiger partial charge in [0.2, 0.25) is 5.95 Å². The Morgan fingerprint density at radius 1 is 0.468 bits per heavy atom. The van der Waals surface area contributed by atoms with Gasteiger partial charge in [-0.3, -0.25) is 4.57 Å². The summed E-state index contributed by atoms with van der Waals surface area (Å²) in [5.74, 6) is 0.604. The average Bonchev–Trinajstić information content (AvgIpc) is 4.09. The van der Waals surface area contributed by atoms with Gasteiger partial charge in [-0.25, -0.2) is 9.97 Å². The number of benzene rings is 8. The SMILES string of the molecule is C1=Cc2nc(-n3c4ccccc4c4c(-c5ccc6c7ccccc7n(-c7ccccc7)c6c5)cc5c6ccccc6oc5c43)nc(-c3ccc4oc5ccccc5c4c3)c2CC1. The molecule has 5 aromatic heterocycles. The highest BCUT2D eigenvalue weighted by molar-refractivity contribution is 6.26. The van der Waals surface area contributed by atoms with E-state index >= 15 is 0 Å². The van der Waals surface area contributed by atoms with Crippen molar-refractivity contribution in [1.29, 1.82) is 0 Å². The summed E-state index contributed by atoms with van der Waals surface area (Å²) < 4.78 is 17.8. The van der Waals surface area contributed by atoms with Crippen molar-refractivity contribution < 1.29 is 8.83 Å². The average molecular weight is 795 g/mol. The van der Waals surface area contributed by atoms with Crippen LogP contribution in [0.15, 0.2) is 185 Å². The Kier molecular flexibility index (Phi) is 6.85. The monoisotopic (exact) mass is 794 g/mol. The van der Waals surface area contributed by atoms with Crippen LogP contribution in [0, 0.1) is 0 Å². The fourth-order valence-electron chi connectivity index (χ4n) is 10.3. The molecule has 6 heteroatoms. The summed E-state index contributed by atoms with van der Waals surface area (Å²) in [5.41, 5.74) is 15.1. The standard InChI is InChI=1S/C56H34N4O2/c1-2-14-35(15-3-1)59-46-22-10-5-16-36(46)37-28-26-33(31-48(37)59)42-32-44-39-18-8-13-25-50(39)62-55(44)54-52(42)41-20-6-11-23-47(41)60(54)56-57-45-21-9-4-19-40(45)53(58-56)34-27-29-51-43(30-34)38-17-7-12-24-49(38)61-51/h1-3,5-18,20-32H,4,19H2. The van der Waals surface area contributed by atoms with Gasteiger partial charge in [0.1, 0.15) is 22.3 Å². The highest BCUT2D eigenvalue weighted by Gasteiger charge is 2.27. The predicted octanol–water partition coefficient (Wildman–Crippen LogP) is 14.8. The lowest BCUT2D eigenvalue weighted by molar-refractivity contribution is 0.669. The van der Waals surface area contributed by atoms with Gasteiger partial charge in [-0.15, -0.1) is 0 Å². The number of rotatable bonds is 4. The lowest BCUT2D eigenvalue weighted by atomic mass is 9.95. The number of furan rings is 2. The predicted molar refractivity (Wildman–Crippen MR) is 253 cm³/mol. The second kappa shape index (κ2) is 12.6. The molecule has 1 aliphatic carbocycles. The first-order valence-electron chi connectivity index (χ1n) is 21.2. The molecule has 0 unspecified atom stereocenters. The largest absolute Gasteiger partial charge is 0.456 e. The summed E-state index contributed by atoms with van der Waals surface area (Å²) in [7, 11) is 0. The molecular formula is C56H34N4O2. The summed E-state index contributed by atoms with van der Waals surface area (Å²) >= 11 is 0. The zero-order valence-corrected chi connectivity index (χ0v) is 33.3. The number of hydrogen-bond donors (Lipinski definition) is 0. The first-order chi connectivity index (χ1) is 30.7. The topological polar surface area (TPSA) is 61.9 Å². The van der Waals surface area contributed by atoms with Crippen LogP contribution < -0.4 is 0 Å². The van der Waals surface area contributed by atoms with Gasteiger partial charge in [-0.2, -0.15) is 0 Å².